The number of amides is 1. The maximum atomic E-state index is 11.6. The zero-order chi connectivity index (χ0) is 16.4. The molecule has 2 aromatic rings. The van der Waals surface area contributed by atoms with Gasteiger partial charge < -0.3 is 10.6 Å². The van der Waals surface area contributed by atoms with E-state index in [0.29, 0.717) is 0 Å². The topological polar surface area (TPSA) is 110 Å². The standard InChI is InChI=1S/C16H22N6O/c1-10(17)14-12-4-2-3-5-13(12)15(21-20-14)22-8-6-11(7-9-22)16(23)19-18/h2-5,10-11H,6-9,17-18H2,1H3,(H,19,23). The van der Waals surface area contributed by atoms with Gasteiger partial charge in [-0.25, -0.2) is 5.84 Å². The first-order valence-corrected chi connectivity index (χ1v) is 7.88. The second-order valence-corrected chi connectivity index (χ2v) is 6.01. The van der Waals surface area contributed by atoms with E-state index in [1.807, 2.05) is 31.2 Å². The zero-order valence-corrected chi connectivity index (χ0v) is 13.2. The summed E-state index contributed by atoms with van der Waals surface area (Å²) >= 11 is 0. The molecular weight excluding hydrogens is 292 g/mol. The molecule has 0 saturated carbocycles. The first kappa shape index (κ1) is 15.6. The number of piperidine rings is 1. The summed E-state index contributed by atoms with van der Waals surface area (Å²) in [6, 6.07) is 7.88. The molecule has 3 rings (SSSR count). The molecule has 23 heavy (non-hydrogen) atoms. The van der Waals surface area contributed by atoms with E-state index in [9.17, 15) is 4.79 Å². The van der Waals surface area contributed by atoms with Crippen molar-refractivity contribution in [1.29, 1.82) is 0 Å². The molecule has 7 nitrogen and oxygen atoms in total. The van der Waals surface area contributed by atoms with Gasteiger partial charge in [-0.3, -0.25) is 10.2 Å². The predicted octanol–water partition coefficient (Wildman–Crippen LogP) is 0.856. The molecule has 1 aromatic carbocycles. The van der Waals surface area contributed by atoms with Gasteiger partial charge in [-0.05, 0) is 19.8 Å². The number of nitrogens with zero attached hydrogens (tertiary/aromatic N) is 3. The van der Waals surface area contributed by atoms with Gasteiger partial charge in [0, 0.05) is 35.8 Å². The van der Waals surface area contributed by atoms with Crippen LogP contribution in [0, 0.1) is 5.92 Å². The highest BCUT2D eigenvalue weighted by atomic mass is 16.2. The molecule has 1 atom stereocenters. The number of hydrogen-bond donors (Lipinski definition) is 3. The largest absolute Gasteiger partial charge is 0.355 e. The van der Waals surface area contributed by atoms with Crippen LogP contribution < -0.4 is 21.9 Å². The molecule has 1 amide bonds. The van der Waals surface area contributed by atoms with E-state index in [4.69, 9.17) is 11.6 Å². The summed E-state index contributed by atoms with van der Waals surface area (Å²) in [6.07, 6.45) is 1.52. The van der Waals surface area contributed by atoms with Crippen LogP contribution in [0.5, 0.6) is 0 Å². The second kappa shape index (κ2) is 6.47. The zero-order valence-electron chi connectivity index (χ0n) is 13.2. The average molecular weight is 314 g/mol. The maximum absolute atomic E-state index is 11.6. The van der Waals surface area contributed by atoms with Crippen molar-refractivity contribution in [2.24, 2.45) is 17.5 Å². The fourth-order valence-corrected chi connectivity index (χ4v) is 3.15. The smallest absolute Gasteiger partial charge is 0.237 e. The van der Waals surface area contributed by atoms with E-state index in [1.54, 1.807) is 0 Å². The predicted molar refractivity (Wildman–Crippen MR) is 89.4 cm³/mol. The number of anilines is 1. The fourth-order valence-electron chi connectivity index (χ4n) is 3.15. The third kappa shape index (κ3) is 2.97. The highest BCUT2D eigenvalue weighted by Gasteiger charge is 2.26. The van der Waals surface area contributed by atoms with Crippen molar-refractivity contribution in [3.8, 4) is 0 Å². The van der Waals surface area contributed by atoms with E-state index in [1.165, 1.54) is 0 Å². The van der Waals surface area contributed by atoms with Crippen LogP contribution in [0.25, 0.3) is 10.8 Å². The van der Waals surface area contributed by atoms with Crippen molar-refractivity contribution in [1.82, 2.24) is 15.6 Å². The van der Waals surface area contributed by atoms with Crippen LogP contribution in [-0.4, -0.2) is 29.2 Å². The van der Waals surface area contributed by atoms with Crippen molar-refractivity contribution in [2.45, 2.75) is 25.8 Å². The van der Waals surface area contributed by atoms with Crippen LogP contribution in [0.15, 0.2) is 24.3 Å². The molecular formula is C16H22N6O. The molecule has 1 aliphatic heterocycles. The third-order valence-electron chi connectivity index (χ3n) is 4.44. The lowest BCUT2D eigenvalue weighted by Gasteiger charge is -2.32. The van der Waals surface area contributed by atoms with Crippen LogP contribution >= 0.6 is 0 Å². The molecule has 2 heterocycles. The molecule has 1 aliphatic rings. The first-order valence-electron chi connectivity index (χ1n) is 7.88. The van der Waals surface area contributed by atoms with E-state index in [-0.39, 0.29) is 17.9 Å². The molecule has 1 aromatic heterocycles. The van der Waals surface area contributed by atoms with Crippen molar-refractivity contribution < 1.29 is 4.79 Å². The number of fused-ring (bicyclic) bond motifs is 1. The Morgan fingerprint density at radius 1 is 1.26 bits per heavy atom. The molecule has 7 heteroatoms. The minimum absolute atomic E-state index is 0.0289. The summed E-state index contributed by atoms with van der Waals surface area (Å²) in [7, 11) is 0. The number of nitrogens with one attached hydrogen (secondary N) is 1. The Labute approximate surface area is 135 Å². The number of benzene rings is 1. The molecule has 1 fully saturated rings. The monoisotopic (exact) mass is 314 g/mol. The van der Waals surface area contributed by atoms with Gasteiger partial charge in [0.15, 0.2) is 5.82 Å². The highest BCUT2D eigenvalue weighted by molar-refractivity contribution is 5.93. The first-order chi connectivity index (χ1) is 11.1. The van der Waals surface area contributed by atoms with Crippen molar-refractivity contribution in [3.63, 3.8) is 0 Å². The van der Waals surface area contributed by atoms with Crippen LogP contribution in [0.3, 0.4) is 0 Å². The lowest BCUT2D eigenvalue weighted by atomic mass is 9.96. The Morgan fingerprint density at radius 2 is 1.91 bits per heavy atom. The summed E-state index contributed by atoms with van der Waals surface area (Å²) < 4.78 is 0. The number of hydrogen-bond acceptors (Lipinski definition) is 6. The van der Waals surface area contributed by atoms with Crippen LogP contribution in [0.2, 0.25) is 0 Å². The summed E-state index contributed by atoms with van der Waals surface area (Å²) in [6.45, 7) is 3.43. The number of nitrogens with two attached hydrogens (primary N) is 2. The number of hydrazine groups is 1. The van der Waals surface area contributed by atoms with Crippen molar-refractivity contribution >= 4 is 22.5 Å². The van der Waals surface area contributed by atoms with Gasteiger partial charge in [0.05, 0.1) is 5.69 Å². The third-order valence-corrected chi connectivity index (χ3v) is 4.44. The number of carbonyl (C=O) groups excluding carboxylic acids is 1. The Kier molecular flexibility index (Phi) is 4.40. The van der Waals surface area contributed by atoms with E-state index in [2.05, 4.69) is 20.5 Å². The molecule has 5 N–H and O–H groups in total. The van der Waals surface area contributed by atoms with Gasteiger partial charge in [0.2, 0.25) is 5.91 Å². The summed E-state index contributed by atoms with van der Waals surface area (Å²) in [4.78, 5) is 13.8. The summed E-state index contributed by atoms with van der Waals surface area (Å²) in [5.41, 5.74) is 9.05. The quantitative estimate of drug-likeness (QED) is 0.440. The molecule has 0 bridgehead atoms. The van der Waals surface area contributed by atoms with Gasteiger partial charge in [-0.2, -0.15) is 5.10 Å². The Bertz CT molecular complexity index is 709. The number of aromatic nitrogens is 2. The SMILES string of the molecule is CC(N)c1nnc(N2CCC(C(=O)NN)CC2)c2ccccc12. The minimum atomic E-state index is -0.166. The van der Waals surface area contributed by atoms with Crippen molar-refractivity contribution in [3.05, 3.63) is 30.0 Å². The lowest BCUT2D eigenvalue weighted by Crippen LogP contribution is -2.43. The normalized spacial score (nSPS) is 17.3. The minimum Gasteiger partial charge on any atom is -0.355 e. The van der Waals surface area contributed by atoms with E-state index in [0.717, 1.165) is 48.2 Å². The van der Waals surface area contributed by atoms with Gasteiger partial charge in [0.25, 0.3) is 0 Å². The van der Waals surface area contributed by atoms with E-state index < -0.39 is 0 Å². The Balaban J connectivity index is 1.90. The second-order valence-electron chi connectivity index (χ2n) is 6.01. The fraction of sp³-hybridized carbons (Fsp3) is 0.438. The van der Waals surface area contributed by atoms with Crippen molar-refractivity contribution in [2.75, 3.05) is 18.0 Å². The number of rotatable bonds is 3. The van der Waals surface area contributed by atoms with Crippen LogP contribution in [0.4, 0.5) is 5.82 Å². The summed E-state index contributed by atoms with van der Waals surface area (Å²) in [5, 5.41) is 10.8. The van der Waals surface area contributed by atoms with Gasteiger partial charge in [-0.1, -0.05) is 24.3 Å². The van der Waals surface area contributed by atoms with Crippen LogP contribution in [0.1, 0.15) is 31.5 Å². The molecule has 0 aliphatic carbocycles. The maximum Gasteiger partial charge on any atom is 0.237 e. The van der Waals surface area contributed by atoms with Gasteiger partial charge >= 0.3 is 0 Å². The lowest BCUT2D eigenvalue weighted by molar-refractivity contribution is -0.125. The molecule has 0 radical (unpaired) electrons. The van der Waals surface area contributed by atoms with Gasteiger partial charge in [-0.15, -0.1) is 5.10 Å². The molecule has 1 saturated heterocycles. The highest BCUT2D eigenvalue weighted by Crippen LogP contribution is 2.30. The van der Waals surface area contributed by atoms with Gasteiger partial charge in [0.1, 0.15) is 0 Å². The number of carbonyl (C=O) groups is 1. The Morgan fingerprint density at radius 3 is 2.52 bits per heavy atom. The Hall–Kier alpha value is -2.25. The van der Waals surface area contributed by atoms with Crippen LogP contribution in [-0.2, 0) is 4.79 Å². The molecule has 122 valence electrons. The molecule has 1 unspecified atom stereocenters. The summed E-state index contributed by atoms with van der Waals surface area (Å²) in [5.74, 6) is 5.96. The average Bonchev–Trinajstić information content (AvgIpc) is 2.60. The molecule has 0 spiro atoms. The van der Waals surface area contributed by atoms with E-state index >= 15 is 0 Å².